The van der Waals surface area contributed by atoms with E-state index < -0.39 is 29.5 Å². The first-order valence-electron chi connectivity index (χ1n) is 7.96. The Hall–Kier alpha value is -3.09. The van der Waals surface area contributed by atoms with Crippen LogP contribution in [0.3, 0.4) is 0 Å². The molecule has 1 aliphatic heterocycles. The Kier molecular flexibility index (Phi) is 5.68. The van der Waals surface area contributed by atoms with Gasteiger partial charge in [-0.25, -0.2) is 4.79 Å². The van der Waals surface area contributed by atoms with Gasteiger partial charge in [0.05, 0.1) is 18.1 Å². The topological polar surface area (TPSA) is 85.3 Å². The van der Waals surface area contributed by atoms with Gasteiger partial charge >= 0.3 is 18.1 Å². The predicted octanol–water partition coefficient (Wildman–Crippen LogP) is 3.99. The summed E-state index contributed by atoms with van der Waals surface area (Å²) in [6, 6.07) is 5.09. The molecule has 1 unspecified atom stereocenters. The fraction of sp³-hybridized carbons (Fsp3) is 0.333. The van der Waals surface area contributed by atoms with Gasteiger partial charge in [0.15, 0.2) is 0 Å². The molecule has 5 nitrogen and oxygen atoms in total. The Morgan fingerprint density at radius 2 is 1.96 bits per heavy atom. The number of hydrogen-bond donors (Lipinski definition) is 1. The quantitative estimate of drug-likeness (QED) is 0.608. The first-order valence-corrected chi connectivity index (χ1v) is 7.96. The summed E-state index contributed by atoms with van der Waals surface area (Å²) in [4.78, 5) is 12.3. The van der Waals surface area contributed by atoms with Crippen LogP contribution in [0.5, 0.6) is 0 Å². The van der Waals surface area contributed by atoms with Crippen molar-refractivity contribution in [1.29, 1.82) is 5.26 Å². The number of nitriles is 1. The molecule has 0 saturated carbocycles. The van der Waals surface area contributed by atoms with Gasteiger partial charge in [-0.05, 0) is 25.5 Å². The number of ether oxygens (including phenoxy) is 2. The lowest BCUT2D eigenvalue weighted by atomic mass is 9.82. The number of nitrogens with zero attached hydrogens (tertiary/aromatic N) is 1. The molecule has 0 spiro atoms. The second-order valence-corrected chi connectivity index (χ2v) is 5.81. The molecule has 2 rings (SSSR count). The number of benzene rings is 1. The first kappa shape index (κ1) is 21.2. The maximum atomic E-state index is 13.8. The van der Waals surface area contributed by atoms with Gasteiger partial charge in [0.1, 0.15) is 17.4 Å². The monoisotopic (exact) mass is 402 g/mol. The van der Waals surface area contributed by atoms with Gasteiger partial charge in [0.25, 0.3) is 0 Å². The van der Waals surface area contributed by atoms with Crippen LogP contribution in [0.25, 0.3) is 0 Å². The number of rotatable bonds is 4. The number of alkyl halides is 5. The summed E-state index contributed by atoms with van der Waals surface area (Å²) in [5.41, 5.74) is 3.65. The summed E-state index contributed by atoms with van der Waals surface area (Å²) in [6.07, 6.45) is -5.82. The Balaban J connectivity index is 2.68. The highest BCUT2D eigenvalue weighted by molar-refractivity contribution is 5.92. The molecule has 0 bridgehead atoms. The van der Waals surface area contributed by atoms with Gasteiger partial charge in [-0.2, -0.15) is 27.2 Å². The van der Waals surface area contributed by atoms with Gasteiger partial charge < -0.3 is 15.2 Å². The molecule has 0 radical (unpaired) electrons. The number of nitrogens with two attached hydrogens (primary N) is 1. The van der Waals surface area contributed by atoms with Crippen molar-refractivity contribution >= 4 is 5.97 Å². The highest BCUT2D eigenvalue weighted by atomic mass is 19.4. The third kappa shape index (κ3) is 3.65. The Morgan fingerprint density at radius 1 is 1.32 bits per heavy atom. The van der Waals surface area contributed by atoms with Crippen molar-refractivity contribution in [3.05, 3.63) is 58.2 Å². The molecule has 28 heavy (non-hydrogen) atoms. The minimum absolute atomic E-state index is 0.0321. The lowest BCUT2D eigenvalue weighted by Crippen LogP contribution is -2.34. The number of halogens is 5. The van der Waals surface area contributed by atoms with Crippen molar-refractivity contribution in [2.24, 2.45) is 5.73 Å². The molecule has 1 aromatic carbocycles. The van der Waals surface area contributed by atoms with E-state index in [1.54, 1.807) is 6.07 Å². The van der Waals surface area contributed by atoms with Crippen LogP contribution in [0.2, 0.25) is 0 Å². The first-order chi connectivity index (χ1) is 13.0. The van der Waals surface area contributed by atoms with E-state index in [9.17, 15) is 32.0 Å². The smallest absolute Gasteiger partial charge is 0.458 e. The molecule has 0 fully saturated rings. The van der Waals surface area contributed by atoms with Crippen LogP contribution in [-0.4, -0.2) is 18.8 Å². The predicted molar refractivity (Wildman–Crippen MR) is 86.4 cm³/mol. The summed E-state index contributed by atoms with van der Waals surface area (Å²) >= 11 is 0. The van der Waals surface area contributed by atoms with Crippen molar-refractivity contribution in [3.8, 4) is 6.07 Å². The van der Waals surface area contributed by atoms with E-state index >= 15 is 0 Å². The van der Waals surface area contributed by atoms with Crippen LogP contribution in [0, 0.1) is 11.3 Å². The second-order valence-electron chi connectivity index (χ2n) is 5.81. The third-order valence-electron chi connectivity index (χ3n) is 4.04. The Labute approximate surface area is 156 Å². The summed E-state index contributed by atoms with van der Waals surface area (Å²) in [6.45, 7) is 2.83. The number of esters is 1. The lowest BCUT2D eigenvalue weighted by Gasteiger charge is -2.28. The van der Waals surface area contributed by atoms with Crippen molar-refractivity contribution in [1.82, 2.24) is 0 Å². The summed E-state index contributed by atoms with van der Waals surface area (Å²) in [5.74, 6) is -7.78. The van der Waals surface area contributed by atoms with Gasteiger partial charge in [0, 0.05) is 5.56 Å². The lowest BCUT2D eigenvalue weighted by molar-refractivity contribution is -0.289. The SMILES string of the molecule is CCOC(=O)C1=C(C)OC(N)=C(C#N)C1c1cccc(C(F)(F)C(F)(F)F)c1. The van der Waals surface area contributed by atoms with Crippen molar-refractivity contribution in [2.45, 2.75) is 31.9 Å². The van der Waals surface area contributed by atoms with E-state index in [2.05, 4.69) is 0 Å². The molecule has 0 aromatic heterocycles. The maximum Gasteiger partial charge on any atom is 0.458 e. The normalized spacial score (nSPS) is 17.9. The van der Waals surface area contributed by atoms with Crippen LogP contribution < -0.4 is 5.73 Å². The molecule has 1 aromatic rings. The minimum atomic E-state index is -5.82. The van der Waals surface area contributed by atoms with Gasteiger partial charge in [-0.1, -0.05) is 18.2 Å². The van der Waals surface area contributed by atoms with Crippen molar-refractivity contribution < 1.29 is 36.2 Å². The fourth-order valence-electron chi connectivity index (χ4n) is 2.77. The highest BCUT2D eigenvalue weighted by Crippen LogP contribution is 2.46. The van der Waals surface area contributed by atoms with E-state index in [4.69, 9.17) is 15.2 Å². The zero-order valence-corrected chi connectivity index (χ0v) is 14.7. The van der Waals surface area contributed by atoms with Crippen molar-refractivity contribution in [2.75, 3.05) is 6.61 Å². The summed E-state index contributed by atoms with van der Waals surface area (Å²) < 4.78 is 75.8. The Morgan fingerprint density at radius 3 is 2.50 bits per heavy atom. The zero-order valence-electron chi connectivity index (χ0n) is 14.7. The zero-order chi connectivity index (χ0) is 21.3. The van der Waals surface area contributed by atoms with Gasteiger partial charge in [0.2, 0.25) is 5.88 Å². The fourth-order valence-corrected chi connectivity index (χ4v) is 2.77. The molecular weight excluding hydrogens is 387 g/mol. The third-order valence-corrected chi connectivity index (χ3v) is 4.04. The van der Waals surface area contributed by atoms with E-state index in [0.29, 0.717) is 12.1 Å². The number of allylic oxidation sites excluding steroid dienone is 2. The van der Waals surface area contributed by atoms with Crippen LogP contribution >= 0.6 is 0 Å². The molecule has 0 amide bonds. The van der Waals surface area contributed by atoms with E-state index in [1.807, 2.05) is 0 Å². The maximum absolute atomic E-state index is 13.8. The second kappa shape index (κ2) is 7.50. The molecule has 0 saturated heterocycles. The van der Waals surface area contributed by atoms with E-state index in [-0.39, 0.29) is 35.0 Å². The van der Waals surface area contributed by atoms with Crippen LogP contribution in [0.1, 0.15) is 30.9 Å². The van der Waals surface area contributed by atoms with Crippen LogP contribution in [0.4, 0.5) is 22.0 Å². The minimum Gasteiger partial charge on any atom is -0.463 e. The molecule has 150 valence electrons. The number of hydrogen-bond acceptors (Lipinski definition) is 5. The molecule has 1 heterocycles. The van der Waals surface area contributed by atoms with Crippen molar-refractivity contribution in [3.63, 3.8) is 0 Å². The summed E-state index contributed by atoms with van der Waals surface area (Å²) in [5, 5.41) is 9.40. The largest absolute Gasteiger partial charge is 0.463 e. The average Bonchev–Trinajstić information content (AvgIpc) is 2.60. The molecule has 10 heteroatoms. The average molecular weight is 402 g/mol. The van der Waals surface area contributed by atoms with Gasteiger partial charge in [-0.3, -0.25) is 0 Å². The molecular formula is C18H15F5N2O3. The van der Waals surface area contributed by atoms with Crippen LogP contribution in [-0.2, 0) is 20.2 Å². The van der Waals surface area contributed by atoms with E-state index in [1.165, 1.54) is 19.9 Å². The summed E-state index contributed by atoms with van der Waals surface area (Å²) in [7, 11) is 0. The van der Waals surface area contributed by atoms with E-state index in [0.717, 1.165) is 6.07 Å². The molecule has 1 aliphatic rings. The molecule has 0 aliphatic carbocycles. The molecule has 2 N–H and O–H groups in total. The molecule has 1 atom stereocenters. The van der Waals surface area contributed by atoms with Crippen LogP contribution in [0.15, 0.2) is 47.1 Å². The standard InChI is InChI=1S/C18H15F5N2O3/c1-3-27-16(26)13-9(2)28-15(25)12(8-24)14(13)10-5-4-6-11(7-10)17(19,20)18(21,22)23/h4-7,14H,3,25H2,1-2H3. The number of carbonyl (C=O) groups is 1. The Bertz CT molecular complexity index is 897. The van der Waals surface area contributed by atoms with Gasteiger partial charge in [-0.15, -0.1) is 0 Å². The highest BCUT2D eigenvalue weighted by Gasteiger charge is 2.58. The number of carbonyl (C=O) groups excluding carboxylic acids is 1.